The average molecular weight is 1120 g/mol. The molecular formula is C60H72N12O8S. The number of phenolic OH excluding ortho intramolecular Hbond substituents is 1. The van der Waals surface area contributed by atoms with E-state index in [0.29, 0.717) is 75.5 Å². The Morgan fingerprint density at radius 1 is 0.716 bits per heavy atom. The number of azide groups is 2. The van der Waals surface area contributed by atoms with Crippen LogP contribution >= 0.6 is 11.8 Å². The first-order valence-electron chi connectivity index (χ1n) is 28.3. The van der Waals surface area contributed by atoms with Gasteiger partial charge in [-0.25, -0.2) is 14.8 Å². The highest BCUT2D eigenvalue weighted by Gasteiger charge is 2.43. The van der Waals surface area contributed by atoms with E-state index >= 15 is 0 Å². The van der Waals surface area contributed by atoms with Crippen molar-refractivity contribution < 1.29 is 38.5 Å². The molecule has 0 bridgehead atoms. The van der Waals surface area contributed by atoms with Crippen LogP contribution in [0.5, 0.6) is 11.5 Å². The minimum absolute atomic E-state index is 0.0171. The monoisotopic (exact) mass is 1120 g/mol. The van der Waals surface area contributed by atoms with Crippen molar-refractivity contribution in [2.24, 2.45) is 45.7 Å². The summed E-state index contributed by atoms with van der Waals surface area (Å²) in [4.78, 5) is 66.3. The van der Waals surface area contributed by atoms with Crippen molar-refractivity contribution in [3.8, 4) is 34.3 Å². The SMILES string of the molecule is CC(C)[C@@H]1CC[C@@H](C)CC1OC(=O)Cn1c(-c2ccc(O)c(N=[N+]=[N-])c2)nc2ccccc21.CC(C)[C@@H]1CC[C@@H](C)CC1OC(=O)Cn1c(-c2ccc(OC(=O)CCCCC3SC[C@@H]4NC(=O)N[C@H]34)c(N=[N+]=[N-])c2)nc2ccccc21. The lowest BCUT2D eigenvalue weighted by Crippen LogP contribution is -2.36. The maximum atomic E-state index is 13.5. The van der Waals surface area contributed by atoms with Crippen LogP contribution in [0, 0.1) is 35.5 Å². The third-order valence-electron chi connectivity index (χ3n) is 16.4. The number of ether oxygens (including phenoxy) is 3. The molecule has 3 N–H and O–H groups in total. The Kier molecular flexibility index (Phi) is 18.8. The summed E-state index contributed by atoms with van der Waals surface area (Å²) in [6, 6.07) is 25.0. The Morgan fingerprint density at radius 3 is 1.80 bits per heavy atom. The van der Waals surface area contributed by atoms with E-state index in [2.05, 4.69) is 72.2 Å². The second kappa shape index (κ2) is 26.2. The first-order valence-corrected chi connectivity index (χ1v) is 29.4. The summed E-state index contributed by atoms with van der Waals surface area (Å²) in [6.07, 6.45) is 8.56. The van der Waals surface area contributed by atoms with Crippen LogP contribution in [-0.2, 0) is 36.9 Å². The number of amides is 2. The van der Waals surface area contributed by atoms with Gasteiger partial charge in [-0.2, -0.15) is 11.8 Å². The van der Waals surface area contributed by atoms with Crippen LogP contribution in [0.2, 0.25) is 0 Å². The fourth-order valence-electron chi connectivity index (χ4n) is 12.2. The van der Waals surface area contributed by atoms with Crippen molar-refractivity contribution >= 4 is 69.1 Å². The molecule has 9 atom stereocenters. The molecule has 0 radical (unpaired) electrons. The van der Waals surface area contributed by atoms with Crippen LogP contribution in [-0.4, -0.2) is 83.4 Å². The second-order valence-electron chi connectivity index (χ2n) is 22.8. The number of nitrogens with zero attached hydrogens (tertiary/aromatic N) is 10. The molecule has 2 aliphatic heterocycles. The zero-order valence-corrected chi connectivity index (χ0v) is 47.6. The summed E-state index contributed by atoms with van der Waals surface area (Å²) in [7, 11) is 0. The molecule has 6 aromatic rings. The molecule has 0 spiro atoms. The zero-order chi connectivity index (χ0) is 57.3. The van der Waals surface area contributed by atoms with Gasteiger partial charge in [0.15, 0.2) is 0 Å². The summed E-state index contributed by atoms with van der Waals surface area (Å²) in [5.41, 5.74) is 22.6. The largest absolute Gasteiger partial charge is 0.507 e. The topological polar surface area (TPSA) is 273 Å². The number of aromatic hydroxyl groups is 1. The lowest BCUT2D eigenvalue weighted by molar-refractivity contribution is -0.157. The van der Waals surface area contributed by atoms with Crippen molar-refractivity contribution in [3.05, 3.63) is 106 Å². The van der Waals surface area contributed by atoms with Crippen LogP contribution in [0.3, 0.4) is 0 Å². The molecule has 2 aliphatic carbocycles. The molecule has 20 nitrogen and oxygen atoms in total. The predicted octanol–water partition coefficient (Wildman–Crippen LogP) is 13.6. The number of carbonyl (C=O) groups is 4. The van der Waals surface area contributed by atoms with Gasteiger partial charge in [-0.3, -0.25) is 14.4 Å². The van der Waals surface area contributed by atoms with E-state index in [1.54, 1.807) is 30.3 Å². The van der Waals surface area contributed by atoms with Crippen molar-refractivity contribution in [2.75, 3.05) is 5.75 Å². The minimum atomic E-state index is -0.420. The Morgan fingerprint density at radius 2 is 1.25 bits per heavy atom. The Balaban J connectivity index is 0.000000210. The normalized spacial score (nSPS) is 23.1. The number of unbranched alkanes of at least 4 members (excludes halogenated alkanes) is 1. The smallest absolute Gasteiger partial charge is 0.326 e. The predicted molar refractivity (Wildman–Crippen MR) is 312 cm³/mol. The number of para-hydroxylation sites is 4. The van der Waals surface area contributed by atoms with Gasteiger partial charge >= 0.3 is 23.9 Å². The summed E-state index contributed by atoms with van der Waals surface area (Å²) in [5.74, 6) is 3.58. The molecule has 426 valence electrons. The molecule has 4 aromatic carbocycles. The van der Waals surface area contributed by atoms with Crippen molar-refractivity contribution in [1.29, 1.82) is 0 Å². The number of rotatable bonds is 18. The van der Waals surface area contributed by atoms with E-state index in [9.17, 15) is 29.8 Å². The molecule has 2 aromatic heterocycles. The standard InChI is InChI=1S/C35H43N7O5S.C25H29N5O3/c1-20(2)23-14-12-21(3)16-29(23)47-32(44)18-42-27-9-5-4-8-24(27)37-34(42)22-13-15-28(25(17-22)40-41-36)46-31(43)11-7-6-10-30-33-26(19-48-30)38-35(45)39-33;1-15(2)18-10-8-16(3)12-23(18)33-24(32)14-30-21-7-5-4-6-19(21)27-25(30)17-9-11-22(31)20(13-17)28-29-26/h4-5,8-9,13,15,17,20-21,23,26,29-30,33H,6-7,10-12,14,16,18-19H2,1-3H3,(H2,38,39,45);4-7,9,11,13,15-16,18,23,31H,8,10,12,14H2,1-3H3/t21-,23+,26+,29?,30?,33+;16-,18+,23?/m11/s1. The van der Waals surface area contributed by atoms with Crippen LogP contribution in [0.15, 0.2) is 95.2 Å². The van der Waals surface area contributed by atoms with Gasteiger partial charge in [-0.15, -0.1) is 0 Å². The van der Waals surface area contributed by atoms with Gasteiger partial charge in [0, 0.05) is 38.4 Å². The van der Waals surface area contributed by atoms with Crippen LogP contribution in [0.4, 0.5) is 16.2 Å². The van der Waals surface area contributed by atoms with Gasteiger partial charge in [0.1, 0.15) is 48.4 Å². The molecule has 4 aliphatic rings. The molecule has 4 fully saturated rings. The number of carbonyl (C=O) groups excluding carboxylic acids is 4. The van der Waals surface area contributed by atoms with Crippen LogP contribution in [0.1, 0.15) is 106 Å². The number of urea groups is 1. The lowest BCUT2D eigenvalue weighted by Gasteiger charge is -2.36. The van der Waals surface area contributed by atoms with Gasteiger partial charge in [-0.05, 0) is 146 Å². The van der Waals surface area contributed by atoms with E-state index in [-0.39, 0.29) is 84.6 Å². The number of hydrogen-bond acceptors (Lipinski definition) is 13. The van der Waals surface area contributed by atoms with Gasteiger partial charge in [0.05, 0.1) is 45.5 Å². The highest BCUT2D eigenvalue weighted by Crippen LogP contribution is 2.40. The molecule has 2 saturated carbocycles. The van der Waals surface area contributed by atoms with E-state index < -0.39 is 5.97 Å². The van der Waals surface area contributed by atoms with E-state index in [4.69, 9.17) is 29.7 Å². The molecule has 10 rings (SSSR count). The molecule has 21 heteroatoms. The number of phenols is 1. The van der Waals surface area contributed by atoms with Crippen LogP contribution < -0.4 is 15.4 Å². The number of nitrogens with one attached hydrogen (secondary N) is 2. The van der Waals surface area contributed by atoms with E-state index in [0.717, 1.165) is 67.2 Å². The Hall–Kier alpha value is -7.73. The van der Waals surface area contributed by atoms with Crippen LogP contribution in [0.25, 0.3) is 65.7 Å². The van der Waals surface area contributed by atoms with Gasteiger partial charge < -0.3 is 39.1 Å². The fourth-order valence-corrected chi connectivity index (χ4v) is 13.7. The Labute approximate surface area is 475 Å². The zero-order valence-electron chi connectivity index (χ0n) is 46.8. The third kappa shape index (κ3) is 13.9. The molecule has 2 saturated heterocycles. The average Bonchev–Trinajstić information content (AvgIpc) is 4.31. The fraction of sp³-hybridized carbons (Fsp3) is 0.500. The van der Waals surface area contributed by atoms with Crippen molar-refractivity contribution in [2.45, 2.75) is 148 Å². The number of benzene rings is 4. The third-order valence-corrected chi connectivity index (χ3v) is 17.9. The van der Waals surface area contributed by atoms with Gasteiger partial charge in [-0.1, -0.05) is 95.3 Å². The lowest BCUT2D eigenvalue weighted by atomic mass is 9.75. The number of aromatic nitrogens is 4. The number of fused-ring (bicyclic) bond motifs is 3. The summed E-state index contributed by atoms with van der Waals surface area (Å²) >= 11 is 1.85. The summed E-state index contributed by atoms with van der Waals surface area (Å²) < 4.78 is 21.5. The molecule has 4 heterocycles. The molecule has 3 unspecified atom stereocenters. The molecule has 2 amide bonds. The molecular weight excluding hydrogens is 1050 g/mol. The van der Waals surface area contributed by atoms with Crippen molar-refractivity contribution in [3.63, 3.8) is 0 Å². The Bertz CT molecular complexity index is 3370. The maximum absolute atomic E-state index is 13.5. The van der Waals surface area contributed by atoms with Gasteiger partial charge in [0.25, 0.3) is 0 Å². The molecule has 81 heavy (non-hydrogen) atoms. The quantitative estimate of drug-likeness (QED) is 0.0138. The number of thioether (sulfide) groups is 1. The first kappa shape index (κ1) is 57.9. The van der Waals surface area contributed by atoms with E-state index in [1.807, 2.05) is 69.4 Å². The summed E-state index contributed by atoms with van der Waals surface area (Å²) in [6.45, 7) is 13.2. The van der Waals surface area contributed by atoms with Gasteiger partial charge in [0.2, 0.25) is 0 Å². The second-order valence-corrected chi connectivity index (χ2v) is 24.1. The highest BCUT2D eigenvalue weighted by atomic mass is 32.2. The van der Waals surface area contributed by atoms with Crippen molar-refractivity contribution in [1.82, 2.24) is 29.7 Å². The minimum Gasteiger partial charge on any atom is -0.507 e. The van der Waals surface area contributed by atoms with E-state index in [1.165, 1.54) is 12.5 Å². The number of esters is 3. The highest BCUT2D eigenvalue weighted by molar-refractivity contribution is 8.00. The maximum Gasteiger partial charge on any atom is 0.326 e. The number of hydrogen-bond donors (Lipinski definition) is 3. The number of imidazole rings is 2. The first-order chi connectivity index (χ1) is 39.1. The summed E-state index contributed by atoms with van der Waals surface area (Å²) in [5, 5.41) is 23.6.